The summed E-state index contributed by atoms with van der Waals surface area (Å²) < 4.78 is 79.3. The van der Waals surface area contributed by atoms with E-state index in [9.17, 15) is 26.0 Å². The van der Waals surface area contributed by atoms with E-state index < -0.39 is 27.2 Å². The average molecular weight is 364 g/mol. The van der Waals surface area contributed by atoms with Gasteiger partial charge in [-0.2, -0.15) is 21.6 Å². The van der Waals surface area contributed by atoms with Gasteiger partial charge in [-0.3, -0.25) is 0 Å². The lowest BCUT2D eigenvalue weighted by Gasteiger charge is -2.17. The minimum Gasteiger partial charge on any atom is -0.375 e. The van der Waals surface area contributed by atoms with E-state index in [0.29, 0.717) is 28.5 Å². The molecule has 0 unspecified atom stereocenters. The Morgan fingerprint density at radius 1 is 1.08 bits per heavy atom. The molecule has 132 valence electrons. The van der Waals surface area contributed by atoms with Crippen molar-refractivity contribution in [1.29, 1.82) is 0 Å². The second kappa shape index (κ2) is 6.23. The Kier molecular flexibility index (Phi) is 4.81. The van der Waals surface area contributed by atoms with Crippen LogP contribution >= 0.6 is 0 Å². The molecule has 0 fully saturated rings. The summed E-state index contributed by atoms with van der Waals surface area (Å²) in [7, 11) is -5.84. The summed E-state index contributed by atoms with van der Waals surface area (Å²) in [6.07, 6.45) is 0.634. The Morgan fingerprint density at radius 2 is 1.71 bits per heavy atom. The van der Waals surface area contributed by atoms with Gasteiger partial charge in [-0.15, -0.1) is 0 Å². The molecule has 3 nitrogen and oxygen atoms in total. The van der Waals surface area contributed by atoms with Gasteiger partial charge in [0.1, 0.15) is 5.82 Å². The van der Waals surface area contributed by atoms with Crippen molar-refractivity contribution in [2.45, 2.75) is 39.1 Å². The van der Waals surface area contributed by atoms with E-state index in [-0.39, 0.29) is 11.8 Å². The summed E-state index contributed by atoms with van der Waals surface area (Å²) in [5, 5.41) is 0.426. The number of hydrogen-bond acceptors (Lipinski definition) is 3. The average Bonchev–Trinajstić information content (AvgIpc) is 2.46. The van der Waals surface area contributed by atoms with Gasteiger partial charge in [-0.1, -0.05) is 19.9 Å². The van der Waals surface area contributed by atoms with Gasteiger partial charge in [0.05, 0.1) is 0 Å². The van der Waals surface area contributed by atoms with Crippen molar-refractivity contribution in [3.8, 4) is 5.75 Å². The highest BCUT2D eigenvalue weighted by molar-refractivity contribution is 7.88. The van der Waals surface area contributed by atoms with Gasteiger partial charge in [0, 0.05) is 5.39 Å². The molecule has 0 bridgehead atoms. The highest BCUT2D eigenvalue weighted by Gasteiger charge is 2.49. The van der Waals surface area contributed by atoms with Crippen molar-refractivity contribution < 1.29 is 30.2 Å². The maximum Gasteiger partial charge on any atom is 0.534 e. The zero-order chi connectivity index (χ0) is 18.3. The Balaban J connectivity index is 2.81. The van der Waals surface area contributed by atoms with Gasteiger partial charge in [0.2, 0.25) is 0 Å². The van der Waals surface area contributed by atoms with E-state index in [0.717, 1.165) is 6.07 Å². The van der Waals surface area contributed by atoms with Gasteiger partial charge in [0.25, 0.3) is 0 Å². The third-order valence-electron chi connectivity index (χ3n) is 3.80. The van der Waals surface area contributed by atoms with Crippen LogP contribution in [0.25, 0.3) is 10.8 Å². The van der Waals surface area contributed by atoms with E-state index >= 15 is 0 Å². The molecule has 2 aromatic rings. The van der Waals surface area contributed by atoms with Gasteiger partial charge in [-0.05, 0) is 54.0 Å². The molecule has 2 aromatic carbocycles. The molecule has 0 aliphatic rings. The summed E-state index contributed by atoms with van der Waals surface area (Å²) in [6, 6.07) is 4.19. The number of benzene rings is 2. The van der Waals surface area contributed by atoms with Crippen LogP contribution in [-0.2, 0) is 23.0 Å². The molecule has 0 aliphatic carbocycles. The molecule has 0 aromatic heterocycles. The third kappa shape index (κ3) is 3.19. The molecular formula is C16H16F4O3S. The topological polar surface area (TPSA) is 43.4 Å². The number of alkyl halides is 3. The van der Waals surface area contributed by atoms with E-state index in [4.69, 9.17) is 0 Å². The molecule has 0 N–H and O–H groups in total. The van der Waals surface area contributed by atoms with Crippen molar-refractivity contribution in [3.63, 3.8) is 0 Å². The molecule has 0 saturated carbocycles. The first-order valence-corrected chi connectivity index (χ1v) is 8.68. The maximum atomic E-state index is 14.1. The Hall–Kier alpha value is -1.83. The summed E-state index contributed by atoms with van der Waals surface area (Å²) in [4.78, 5) is 0. The van der Waals surface area contributed by atoms with E-state index in [2.05, 4.69) is 4.18 Å². The summed E-state index contributed by atoms with van der Waals surface area (Å²) in [5.74, 6) is -1.09. The van der Waals surface area contributed by atoms with Crippen LogP contribution in [0.15, 0.2) is 18.2 Å². The molecule has 0 amide bonds. The van der Waals surface area contributed by atoms with Crippen LogP contribution in [0.2, 0.25) is 0 Å². The Bertz CT molecular complexity index is 887. The number of aryl methyl sites for hydroxylation is 2. The predicted octanol–water partition coefficient (Wildman–Crippen LogP) is 4.64. The normalized spacial score (nSPS) is 12.6. The van der Waals surface area contributed by atoms with E-state index in [1.165, 1.54) is 6.07 Å². The molecule has 8 heteroatoms. The highest BCUT2D eigenvalue weighted by atomic mass is 32.2. The monoisotopic (exact) mass is 364 g/mol. The fraction of sp³-hybridized carbons (Fsp3) is 0.375. The Morgan fingerprint density at radius 3 is 2.21 bits per heavy atom. The molecule has 2 rings (SSSR count). The van der Waals surface area contributed by atoms with Gasteiger partial charge < -0.3 is 4.18 Å². The summed E-state index contributed by atoms with van der Waals surface area (Å²) >= 11 is 0. The summed E-state index contributed by atoms with van der Waals surface area (Å²) in [6.45, 7) is 5.03. The molecular weight excluding hydrogens is 348 g/mol. The van der Waals surface area contributed by atoms with E-state index in [1.807, 2.05) is 0 Å². The van der Waals surface area contributed by atoms with Crippen LogP contribution in [0.3, 0.4) is 0 Å². The van der Waals surface area contributed by atoms with Crippen molar-refractivity contribution in [3.05, 3.63) is 40.7 Å². The number of rotatable bonds is 4. The minimum atomic E-state index is -5.84. The van der Waals surface area contributed by atoms with Crippen LogP contribution in [0.1, 0.15) is 30.5 Å². The molecule has 0 aliphatic heterocycles. The second-order valence-corrected chi connectivity index (χ2v) is 6.89. The number of hydrogen-bond donors (Lipinski definition) is 0. The van der Waals surface area contributed by atoms with Crippen LogP contribution in [-0.4, -0.2) is 13.9 Å². The molecule has 0 heterocycles. The van der Waals surface area contributed by atoms with Gasteiger partial charge >= 0.3 is 15.6 Å². The van der Waals surface area contributed by atoms with Crippen LogP contribution in [0.4, 0.5) is 17.6 Å². The Labute approximate surface area is 137 Å². The number of halogens is 4. The second-order valence-electron chi connectivity index (χ2n) is 5.36. The quantitative estimate of drug-likeness (QED) is 0.451. The van der Waals surface area contributed by atoms with Crippen molar-refractivity contribution >= 4 is 20.9 Å². The lowest BCUT2D eigenvalue weighted by molar-refractivity contribution is -0.0499. The first-order valence-electron chi connectivity index (χ1n) is 7.27. The third-order valence-corrected chi connectivity index (χ3v) is 4.75. The lowest BCUT2D eigenvalue weighted by Crippen LogP contribution is -2.28. The number of fused-ring (bicyclic) bond motifs is 1. The molecule has 0 radical (unpaired) electrons. The van der Waals surface area contributed by atoms with Crippen LogP contribution in [0, 0.1) is 12.7 Å². The molecule has 0 atom stereocenters. The van der Waals surface area contributed by atoms with Crippen molar-refractivity contribution in [1.82, 2.24) is 0 Å². The molecule has 0 saturated heterocycles. The maximum absolute atomic E-state index is 14.1. The van der Waals surface area contributed by atoms with Crippen LogP contribution < -0.4 is 4.18 Å². The fourth-order valence-electron chi connectivity index (χ4n) is 2.58. The van der Waals surface area contributed by atoms with E-state index in [1.54, 1.807) is 26.8 Å². The zero-order valence-corrected chi connectivity index (χ0v) is 14.1. The standard InChI is InChI=1S/C16H16F4O3S/c1-4-10-7-11-6-9(3)12(5-2)15(13(11)8-14(10)17)23-24(21,22)16(18,19)20/h6-8H,4-5H2,1-3H3. The zero-order valence-electron chi connectivity index (χ0n) is 13.3. The predicted molar refractivity (Wildman–Crippen MR) is 83.0 cm³/mol. The first kappa shape index (κ1) is 18.5. The largest absolute Gasteiger partial charge is 0.534 e. The highest BCUT2D eigenvalue weighted by Crippen LogP contribution is 2.38. The SMILES string of the molecule is CCc1cc2cc(C)c(CC)c(OS(=O)(=O)C(F)(F)F)c2cc1F. The molecule has 0 spiro atoms. The van der Waals surface area contributed by atoms with Gasteiger partial charge in [-0.25, -0.2) is 4.39 Å². The van der Waals surface area contributed by atoms with Gasteiger partial charge in [0.15, 0.2) is 5.75 Å². The molecule has 24 heavy (non-hydrogen) atoms. The first-order chi connectivity index (χ1) is 11.0. The summed E-state index contributed by atoms with van der Waals surface area (Å²) in [5.41, 5.74) is -4.31. The minimum absolute atomic E-state index is 0.0000231. The fourth-order valence-corrected chi connectivity index (χ4v) is 3.08. The smallest absolute Gasteiger partial charge is 0.375 e. The lowest BCUT2D eigenvalue weighted by atomic mass is 9.96. The van der Waals surface area contributed by atoms with Crippen molar-refractivity contribution in [2.75, 3.05) is 0 Å². The van der Waals surface area contributed by atoms with Crippen LogP contribution in [0.5, 0.6) is 5.75 Å². The van der Waals surface area contributed by atoms with Crippen molar-refractivity contribution in [2.24, 2.45) is 0 Å².